The summed E-state index contributed by atoms with van der Waals surface area (Å²) >= 11 is 0. The molecule has 1 atom stereocenters. The minimum Gasteiger partial charge on any atom is -0.373 e. The Bertz CT molecular complexity index is 91.3. The fourth-order valence-electron chi connectivity index (χ4n) is 0.637. The Labute approximate surface area is 63.1 Å². The van der Waals surface area contributed by atoms with Gasteiger partial charge in [0.05, 0.1) is 12.7 Å². The van der Waals surface area contributed by atoms with Gasteiger partial charge in [-0.25, -0.2) is 0 Å². The van der Waals surface area contributed by atoms with Crippen molar-refractivity contribution >= 4 is 0 Å². The average Bonchev–Trinajstić information content (AvgIpc) is 1.97. The molecule has 2 heteroatoms. The summed E-state index contributed by atoms with van der Waals surface area (Å²) in [5.74, 6) is 0. The highest BCUT2D eigenvalue weighted by molar-refractivity contribution is 4.86. The average molecular weight is 143 g/mol. The lowest BCUT2D eigenvalue weighted by atomic mass is 10.3. The van der Waals surface area contributed by atoms with E-state index in [-0.39, 0.29) is 6.10 Å². The van der Waals surface area contributed by atoms with Crippen molar-refractivity contribution in [2.24, 2.45) is 5.73 Å². The quantitative estimate of drug-likeness (QED) is 0.589. The number of rotatable bonds is 5. The van der Waals surface area contributed by atoms with E-state index in [1.807, 2.05) is 6.92 Å². The molecule has 0 aliphatic heterocycles. The van der Waals surface area contributed by atoms with Gasteiger partial charge in [0.1, 0.15) is 0 Å². The Kier molecular flexibility index (Phi) is 6.55. The van der Waals surface area contributed by atoms with Gasteiger partial charge < -0.3 is 10.5 Å². The molecule has 0 saturated heterocycles. The first kappa shape index (κ1) is 9.66. The van der Waals surface area contributed by atoms with Crippen LogP contribution < -0.4 is 5.73 Å². The molecule has 0 aliphatic rings. The summed E-state index contributed by atoms with van der Waals surface area (Å²) in [4.78, 5) is 0. The van der Waals surface area contributed by atoms with Crippen molar-refractivity contribution in [2.45, 2.75) is 26.4 Å². The Hall–Kier alpha value is -0.340. The van der Waals surface area contributed by atoms with E-state index in [4.69, 9.17) is 10.5 Å². The predicted molar refractivity (Wildman–Crippen MR) is 43.9 cm³/mol. The zero-order valence-corrected chi connectivity index (χ0v) is 6.84. The lowest BCUT2D eigenvalue weighted by Crippen LogP contribution is -2.13. The van der Waals surface area contributed by atoms with Gasteiger partial charge in [-0.3, -0.25) is 0 Å². The van der Waals surface area contributed by atoms with Gasteiger partial charge in [-0.05, 0) is 13.3 Å². The number of nitrogens with two attached hydrogens (primary N) is 1. The fourth-order valence-corrected chi connectivity index (χ4v) is 0.637. The molecule has 0 saturated carbocycles. The second-order valence-corrected chi connectivity index (χ2v) is 2.20. The van der Waals surface area contributed by atoms with Gasteiger partial charge >= 0.3 is 0 Å². The van der Waals surface area contributed by atoms with Crippen LogP contribution >= 0.6 is 0 Å². The number of hydrogen-bond donors (Lipinski definition) is 1. The van der Waals surface area contributed by atoms with E-state index in [1.54, 1.807) is 0 Å². The summed E-state index contributed by atoms with van der Waals surface area (Å²) in [5, 5.41) is 0. The summed E-state index contributed by atoms with van der Waals surface area (Å²) < 4.78 is 5.28. The molecule has 10 heavy (non-hydrogen) atoms. The van der Waals surface area contributed by atoms with E-state index < -0.39 is 0 Å². The molecule has 2 nitrogen and oxygen atoms in total. The third kappa shape index (κ3) is 5.79. The first-order chi connectivity index (χ1) is 4.81. The van der Waals surface area contributed by atoms with Crippen LogP contribution in [0.5, 0.6) is 0 Å². The molecule has 0 fully saturated rings. The van der Waals surface area contributed by atoms with Gasteiger partial charge in [-0.2, -0.15) is 0 Å². The van der Waals surface area contributed by atoms with E-state index >= 15 is 0 Å². The highest BCUT2D eigenvalue weighted by atomic mass is 16.5. The van der Waals surface area contributed by atoms with Gasteiger partial charge in [0.2, 0.25) is 0 Å². The summed E-state index contributed by atoms with van der Waals surface area (Å²) in [5.41, 5.74) is 5.26. The smallest absolute Gasteiger partial charge is 0.0728 e. The lowest BCUT2D eigenvalue weighted by Gasteiger charge is -2.05. The van der Waals surface area contributed by atoms with E-state index in [1.165, 1.54) is 0 Å². The van der Waals surface area contributed by atoms with Crippen molar-refractivity contribution in [3.8, 4) is 0 Å². The second-order valence-electron chi connectivity index (χ2n) is 2.20. The largest absolute Gasteiger partial charge is 0.373 e. The molecular weight excluding hydrogens is 126 g/mol. The third-order valence-corrected chi connectivity index (χ3v) is 1.14. The number of allylic oxidation sites excluding steroid dienone is 1. The van der Waals surface area contributed by atoms with Crippen molar-refractivity contribution in [2.75, 3.05) is 13.2 Å². The first-order valence-corrected chi connectivity index (χ1v) is 3.79. The highest BCUT2D eigenvalue weighted by Gasteiger charge is 1.92. The molecule has 0 spiro atoms. The topological polar surface area (TPSA) is 35.2 Å². The zero-order valence-electron chi connectivity index (χ0n) is 6.84. The van der Waals surface area contributed by atoms with Crippen molar-refractivity contribution in [3.05, 3.63) is 12.2 Å². The van der Waals surface area contributed by atoms with Crippen LogP contribution in [-0.2, 0) is 4.74 Å². The number of hydrogen-bond acceptors (Lipinski definition) is 2. The van der Waals surface area contributed by atoms with Gasteiger partial charge in [0.15, 0.2) is 0 Å². The van der Waals surface area contributed by atoms with Crippen LogP contribution in [-0.4, -0.2) is 19.3 Å². The van der Waals surface area contributed by atoms with Crippen LogP contribution in [0.2, 0.25) is 0 Å². The maximum absolute atomic E-state index is 5.28. The van der Waals surface area contributed by atoms with Crippen LogP contribution in [0.15, 0.2) is 12.2 Å². The predicted octanol–water partition coefficient (Wildman–Crippen LogP) is 1.32. The van der Waals surface area contributed by atoms with Crippen LogP contribution in [0.1, 0.15) is 20.3 Å². The molecule has 2 N–H and O–H groups in total. The van der Waals surface area contributed by atoms with E-state index in [9.17, 15) is 0 Å². The summed E-state index contributed by atoms with van der Waals surface area (Å²) in [7, 11) is 0. The van der Waals surface area contributed by atoms with Gasteiger partial charge in [-0.1, -0.05) is 19.1 Å². The van der Waals surface area contributed by atoms with Crippen molar-refractivity contribution in [3.63, 3.8) is 0 Å². The lowest BCUT2D eigenvalue weighted by molar-refractivity contribution is 0.104. The molecule has 0 aromatic rings. The van der Waals surface area contributed by atoms with Crippen LogP contribution in [0.4, 0.5) is 0 Å². The first-order valence-electron chi connectivity index (χ1n) is 3.79. The molecule has 0 aromatic heterocycles. The van der Waals surface area contributed by atoms with Crippen molar-refractivity contribution in [1.29, 1.82) is 0 Å². The van der Waals surface area contributed by atoms with Crippen molar-refractivity contribution < 1.29 is 4.74 Å². The molecule has 0 amide bonds. The summed E-state index contributed by atoms with van der Waals surface area (Å²) in [6.45, 7) is 5.37. The minimum atomic E-state index is 0.212. The highest BCUT2D eigenvalue weighted by Crippen LogP contribution is 1.92. The van der Waals surface area contributed by atoms with E-state index in [0.29, 0.717) is 13.2 Å². The molecule has 60 valence electrons. The van der Waals surface area contributed by atoms with E-state index in [0.717, 1.165) is 6.42 Å². The minimum absolute atomic E-state index is 0.212. The van der Waals surface area contributed by atoms with Gasteiger partial charge in [-0.15, -0.1) is 0 Å². The van der Waals surface area contributed by atoms with Gasteiger partial charge in [0.25, 0.3) is 0 Å². The van der Waals surface area contributed by atoms with Crippen LogP contribution in [0, 0.1) is 0 Å². The molecule has 1 unspecified atom stereocenters. The monoisotopic (exact) mass is 143 g/mol. The molecule has 0 radical (unpaired) electrons. The molecule has 0 heterocycles. The Balaban J connectivity index is 3.24. The second kappa shape index (κ2) is 6.78. The molecule has 0 aliphatic carbocycles. The third-order valence-electron chi connectivity index (χ3n) is 1.14. The SMILES string of the molecule is CC/C=C\C(C)OCCN. The molecule has 0 rings (SSSR count). The van der Waals surface area contributed by atoms with E-state index in [2.05, 4.69) is 19.1 Å². The Morgan fingerprint density at radius 3 is 2.80 bits per heavy atom. The van der Waals surface area contributed by atoms with Crippen LogP contribution in [0.3, 0.4) is 0 Å². The molecule has 0 aromatic carbocycles. The Morgan fingerprint density at radius 1 is 1.60 bits per heavy atom. The maximum Gasteiger partial charge on any atom is 0.0728 e. The standard InChI is InChI=1S/C8H17NO/c1-3-4-5-8(2)10-7-6-9/h4-5,8H,3,6-7,9H2,1-2H3/b5-4-. The van der Waals surface area contributed by atoms with Crippen LogP contribution in [0.25, 0.3) is 0 Å². The number of ether oxygens (including phenoxy) is 1. The summed E-state index contributed by atoms with van der Waals surface area (Å²) in [6, 6.07) is 0. The van der Waals surface area contributed by atoms with Crippen molar-refractivity contribution in [1.82, 2.24) is 0 Å². The normalized spacial score (nSPS) is 14.3. The Morgan fingerprint density at radius 2 is 2.30 bits per heavy atom. The van der Waals surface area contributed by atoms with Gasteiger partial charge in [0, 0.05) is 6.54 Å². The zero-order chi connectivity index (χ0) is 7.82. The maximum atomic E-state index is 5.28. The fraction of sp³-hybridized carbons (Fsp3) is 0.750. The molecule has 0 bridgehead atoms. The summed E-state index contributed by atoms with van der Waals surface area (Å²) in [6.07, 6.45) is 5.43. The molecular formula is C8H17NO.